The quantitative estimate of drug-likeness (QED) is 0.125. The summed E-state index contributed by atoms with van der Waals surface area (Å²) in [7, 11) is 0. The van der Waals surface area contributed by atoms with E-state index in [1.54, 1.807) is 23.5 Å². The van der Waals surface area contributed by atoms with E-state index in [2.05, 4.69) is 18.0 Å². The van der Waals surface area contributed by atoms with Crippen LogP contribution in [0.3, 0.4) is 0 Å². The minimum atomic E-state index is -1.02. The van der Waals surface area contributed by atoms with Gasteiger partial charge >= 0.3 is 11.9 Å². The fourth-order valence-corrected chi connectivity index (χ4v) is 7.06. The second-order valence-corrected chi connectivity index (χ2v) is 12.4. The molecule has 0 spiro atoms. The number of fused-ring (bicyclic) bond motifs is 1. The average molecular weight is 620 g/mol. The van der Waals surface area contributed by atoms with E-state index in [9.17, 15) is 9.59 Å². The van der Waals surface area contributed by atoms with Crippen LogP contribution in [0.1, 0.15) is 36.8 Å². The molecule has 0 aliphatic rings. The van der Waals surface area contributed by atoms with Gasteiger partial charge in [0, 0.05) is 24.3 Å². The normalized spacial score (nSPS) is 11.3. The molecule has 0 radical (unpaired) electrons. The lowest BCUT2D eigenvalue weighted by atomic mass is 10.1. The first kappa shape index (κ1) is 28.4. The van der Waals surface area contributed by atoms with Crippen molar-refractivity contribution in [1.29, 1.82) is 0 Å². The van der Waals surface area contributed by atoms with E-state index in [0.29, 0.717) is 4.88 Å². The highest BCUT2D eigenvalue weighted by Crippen LogP contribution is 2.35. The van der Waals surface area contributed by atoms with Gasteiger partial charge in [-0.25, -0.2) is 9.59 Å². The highest BCUT2D eigenvalue weighted by Gasteiger charge is 2.13. The number of aliphatic carboxylic acids is 1. The van der Waals surface area contributed by atoms with E-state index in [-0.39, 0.29) is 4.91 Å². The van der Waals surface area contributed by atoms with Gasteiger partial charge in [0.05, 0.1) is 4.91 Å². The Morgan fingerprint density at radius 3 is 2.00 bits per heavy atom. The highest BCUT2D eigenvalue weighted by atomic mass is 35.5. The van der Waals surface area contributed by atoms with Crippen molar-refractivity contribution >= 4 is 97.3 Å². The summed E-state index contributed by atoms with van der Waals surface area (Å²) in [6.45, 7) is 0. The lowest BCUT2D eigenvalue weighted by molar-refractivity contribution is -0.131. The van der Waals surface area contributed by atoms with Crippen LogP contribution in [-0.2, 0) is 17.6 Å². The Labute approximate surface area is 246 Å². The number of aromatic carboxylic acids is 1. The van der Waals surface area contributed by atoms with Crippen molar-refractivity contribution in [2.45, 2.75) is 12.8 Å². The van der Waals surface area contributed by atoms with Crippen LogP contribution in [0.15, 0.2) is 76.3 Å². The van der Waals surface area contributed by atoms with E-state index in [4.69, 9.17) is 33.4 Å². The summed E-state index contributed by atoms with van der Waals surface area (Å²) in [5.74, 6) is -1.87. The Morgan fingerprint density at radius 1 is 0.816 bits per heavy atom. The first-order valence-corrected chi connectivity index (χ1v) is 14.9. The molecule has 5 aromatic rings. The van der Waals surface area contributed by atoms with Crippen molar-refractivity contribution in [3.05, 3.63) is 118 Å². The molecule has 0 atom stereocenters. The van der Waals surface area contributed by atoms with Crippen LogP contribution in [0.25, 0.3) is 15.5 Å². The molecule has 2 aromatic carbocycles. The molecule has 3 heterocycles. The third-order valence-electron chi connectivity index (χ3n) is 5.33. The van der Waals surface area contributed by atoms with Crippen molar-refractivity contribution < 1.29 is 19.8 Å². The summed E-state index contributed by atoms with van der Waals surface area (Å²) in [4.78, 5) is 23.0. The van der Waals surface area contributed by atoms with Crippen molar-refractivity contribution in [2.75, 3.05) is 0 Å². The van der Waals surface area contributed by atoms with Gasteiger partial charge in [0.1, 0.15) is 4.88 Å². The van der Waals surface area contributed by atoms with Gasteiger partial charge in [-0.1, -0.05) is 47.5 Å². The number of hydrogen-bond acceptors (Lipinski definition) is 6. The molecule has 2 N–H and O–H groups in total. The Hall–Kier alpha value is -2.59. The van der Waals surface area contributed by atoms with Crippen LogP contribution in [-0.4, -0.2) is 22.2 Å². The predicted octanol–water partition coefficient (Wildman–Crippen LogP) is 9.25. The number of carbonyl (C=O) groups is 2. The van der Waals surface area contributed by atoms with Crippen LogP contribution in [0.2, 0.25) is 10.0 Å². The molecule has 0 aliphatic heterocycles. The van der Waals surface area contributed by atoms with Crippen molar-refractivity contribution in [3.63, 3.8) is 0 Å². The van der Waals surface area contributed by atoms with Gasteiger partial charge < -0.3 is 10.2 Å². The fraction of sp³-hybridized carbons (Fsp3) is 0.0714. The van der Waals surface area contributed by atoms with E-state index in [1.165, 1.54) is 39.4 Å². The number of thiol groups is 1. The van der Waals surface area contributed by atoms with Crippen LogP contribution in [0, 0.1) is 0 Å². The van der Waals surface area contributed by atoms with E-state index in [1.807, 2.05) is 60.0 Å². The number of rotatable bonds is 7. The Balaban J connectivity index is 0.000000177. The fourth-order valence-electron chi connectivity index (χ4n) is 3.52. The van der Waals surface area contributed by atoms with Gasteiger partial charge in [0.15, 0.2) is 0 Å². The Kier molecular flexibility index (Phi) is 9.70. The zero-order chi connectivity index (χ0) is 27.2. The molecule has 0 saturated carbocycles. The second kappa shape index (κ2) is 13.0. The average Bonchev–Trinajstić information content (AvgIpc) is 3.60. The largest absolute Gasteiger partial charge is 0.477 e. The second-order valence-electron chi connectivity index (χ2n) is 8.17. The summed E-state index contributed by atoms with van der Waals surface area (Å²) in [5, 5.41) is 23.3. The van der Waals surface area contributed by atoms with Gasteiger partial charge in [-0.2, -0.15) is 0 Å². The number of hydrogen-bond donors (Lipinski definition) is 3. The maximum absolute atomic E-state index is 11.0. The monoisotopic (exact) mass is 618 g/mol. The zero-order valence-corrected chi connectivity index (χ0v) is 24.4. The minimum absolute atomic E-state index is 0.0416. The standard InChI is InChI=1S/C14H9ClO2S2.C14H11ClO2S2/c15-10-3-1-8(2-4-10)5-9-7-18-11-6-12(14(16)17)19-13(9)11;15-11-3-1-9(2-4-11)5-10-6-12(19-8-10)7-13(18)14(16)17/h1-4,6-7H,5H2,(H,16,17);1-4,6-8,18H,5H2,(H,16,17)/b;13-7-. The molecular weight excluding hydrogens is 599 g/mol. The summed E-state index contributed by atoms with van der Waals surface area (Å²) in [6, 6.07) is 19.1. The zero-order valence-electron chi connectivity index (χ0n) is 19.6. The van der Waals surface area contributed by atoms with Gasteiger partial charge in [0.2, 0.25) is 0 Å². The van der Waals surface area contributed by atoms with Gasteiger partial charge in [0.25, 0.3) is 0 Å². The predicted molar refractivity (Wildman–Crippen MR) is 164 cm³/mol. The lowest BCUT2D eigenvalue weighted by Crippen LogP contribution is -1.92. The Morgan fingerprint density at radius 2 is 1.42 bits per heavy atom. The molecule has 3 aromatic heterocycles. The van der Waals surface area contributed by atoms with Crippen molar-refractivity contribution in [1.82, 2.24) is 0 Å². The molecule has 0 amide bonds. The van der Waals surface area contributed by atoms with Crippen molar-refractivity contribution in [2.24, 2.45) is 0 Å². The van der Waals surface area contributed by atoms with E-state index in [0.717, 1.165) is 42.7 Å². The molecule has 0 aliphatic carbocycles. The molecule has 0 fully saturated rings. The topological polar surface area (TPSA) is 74.6 Å². The van der Waals surface area contributed by atoms with Crippen LogP contribution < -0.4 is 0 Å². The van der Waals surface area contributed by atoms with E-state index < -0.39 is 11.9 Å². The maximum Gasteiger partial charge on any atom is 0.345 e. The first-order valence-electron chi connectivity index (χ1n) is 11.1. The minimum Gasteiger partial charge on any atom is -0.477 e. The van der Waals surface area contributed by atoms with E-state index >= 15 is 0 Å². The molecule has 10 heteroatoms. The summed E-state index contributed by atoms with van der Waals surface area (Å²) >= 11 is 20.1. The third kappa shape index (κ3) is 7.72. The number of halogens is 2. The van der Waals surface area contributed by atoms with Crippen molar-refractivity contribution in [3.8, 4) is 0 Å². The van der Waals surface area contributed by atoms with Crippen LogP contribution >= 0.6 is 69.8 Å². The number of thiophene rings is 3. The van der Waals surface area contributed by atoms with Crippen LogP contribution in [0.4, 0.5) is 0 Å². The van der Waals surface area contributed by atoms with Gasteiger partial charge in [-0.15, -0.1) is 46.6 Å². The smallest absolute Gasteiger partial charge is 0.345 e. The lowest BCUT2D eigenvalue weighted by Gasteiger charge is -1.99. The SMILES string of the molecule is O=C(O)/C(S)=C/c1cc(Cc2ccc(Cl)cc2)cs1.O=C(O)c1cc2scc(Cc3ccc(Cl)cc3)c2s1. The summed E-state index contributed by atoms with van der Waals surface area (Å²) < 4.78 is 2.13. The summed E-state index contributed by atoms with van der Waals surface area (Å²) in [5.41, 5.74) is 4.67. The number of carboxylic acid groups (broad SMARTS) is 2. The van der Waals surface area contributed by atoms with Crippen LogP contribution in [0.5, 0.6) is 0 Å². The highest BCUT2D eigenvalue weighted by molar-refractivity contribution is 7.85. The summed E-state index contributed by atoms with van der Waals surface area (Å²) in [6.07, 6.45) is 3.16. The van der Waals surface area contributed by atoms with Gasteiger partial charge in [-0.3, -0.25) is 0 Å². The molecule has 194 valence electrons. The molecular formula is C28H20Cl2O4S4. The molecule has 4 nitrogen and oxygen atoms in total. The number of carboxylic acids is 2. The van der Waals surface area contributed by atoms with Gasteiger partial charge in [-0.05, 0) is 88.3 Å². The molecule has 0 saturated heterocycles. The Bertz CT molecular complexity index is 1600. The molecule has 0 bridgehead atoms. The number of benzene rings is 2. The molecule has 0 unspecified atom stereocenters. The third-order valence-corrected chi connectivity index (χ3v) is 9.39. The molecule has 38 heavy (non-hydrogen) atoms. The maximum atomic E-state index is 11.0. The molecule has 5 rings (SSSR count). The first-order chi connectivity index (χ1) is 18.2.